The highest BCUT2D eigenvalue weighted by molar-refractivity contribution is 7.14. The Hall–Kier alpha value is -1.66. The van der Waals surface area contributed by atoms with Crippen LogP contribution >= 0.6 is 11.3 Å². The van der Waals surface area contributed by atoms with Crippen molar-refractivity contribution in [1.82, 2.24) is 10.2 Å². The molecule has 1 aromatic heterocycles. The van der Waals surface area contributed by atoms with Crippen LogP contribution in [-0.2, 0) is 6.54 Å². The van der Waals surface area contributed by atoms with Crippen molar-refractivity contribution < 1.29 is 9.47 Å². The Morgan fingerprint density at radius 2 is 2.06 bits per heavy atom. The zero-order chi connectivity index (χ0) is 12.3. The molecule has 0 fully saturated rings. The number of benzene rings is 1. The summed E-state index contributed by atoms with van der Waals surface area (Å²) in [5, 5.41) is 9.67. The van der Waals surface area contributed by atoms with Crippen molar-refractivity contribution in [3.63, 3.8) is 0 Å². The van der Waals surface area contributed by atoms with E-state index in [0.717, 1.165) is 21.3 Å². The molecule has 90 valence electrons. The average Bonchev–Trinajstić information content (AvgIpc) is 2.86. The van der Waals surface area contributed by atoms with Crippen molar-refractivity contribution in [2.24, 2.45) is 5.73 Å². The predicted octanol–water partition coefficient (Wildman–Crippen LogP) is 1.68. The molecule has 5 nitrogen and oxygen atoms in total. The predicted molar refractivity (Wildman–Crippen MR) is 66.3 cm³/mol. The molecule has 0 spiro atoms. The average molecular weight is 251 g/mol. The van der Waals surface area contributed by atoms with Gasteiger partial charge in [0.25, 0.3) is 0 Å². The Labute approximate surface area is 103 Å². The Balaban J connectivity index is 2.43. The maximum Gasteiger partial charge on any atom is 0.151 e. The summed E-state index contributed by atoms with van der Waals surface area (Å²) in [4.78, 5) is 0. The van der Waals surface area contributed by atoms with Gasteiger partial charge in [0.15, 0.2) is 5.01 Å². The fraction of sp³-hybridized carbons (Fsp3) is 0.273. The van der Waals surface area contributed by atoms with Gasteiger partial charge in [0, 0.05) is 12.6 Å². The summed E-state index contributed by atoms with van der Waals surface area (Å²) in [5.74, 6) is 1.46. The number of hydrogen-bond acceptors (Lipinski definition) is 6. The summed E-state index contributed by atoms with van der Waals surface area (Å²) in [6.45, 7) is 0.399. The molecular formula is C11H13N3O2S. The van der Waals surface area contributed by atoms with Gasteiger partial charge in [-0.1, -0.05) is 11.3 Å². The number of ether oxygens (including phenoxy) is 2. The molecule has 0 aliphatic heterocycles. The van der Waals surface area contributed by atoms with Gasteiger partial charge in [0.1, 0.15) is 16.5 Å². The van der Waals surface area contributed by atoms with Crippen molar-refractivity contribution in [3.05, 3.63) is 23.2 Å². The number of nitrogens with zero attached hydrogens (tertiary/aromatic N) is 2. The summed E-state index contributed by atoms with van der Waals surface area (Å²) >= 11 is 1.46. The molecule has 0 aliphatic rings. The van der Waals surface area contributed by atoms with Gasteiger partial charge < -0.3 is 15.2 Å². The van der Waals surface area contributed by atoms with Crippen LogP contribution in [0.4, 0.5) is 0 Å². The minimum absolute atomic E-state index is 0.399. The second-order valence-corrected chi connectivity index (χ2v) is 4.33. The SMILES string of the molecule is COc1ccc(-c2nnc(CN)s2)c(OC)c1. The molecule has 0 aliphatic carbocycles. The molecule has 1 aromatic carbocycles. The van der Waals surface area contributed by atoms with E-state index in [1.807, 2.05) is 18.2 Å². The zero-order valence-electron chi connectivity index (χ0n) is 9.64. The highest BCUT2D eigenvalue weighted by Gasteiger charge is 2.12. The summed E-state index contributed by atoms with van der Waals surface area (Å²) in [5.41, 5.74) is 6.41. The van der Waals surface area contributed by atoms with Crippen LogP contribution in [0.1, 0.15) is 5.01 Å². The van der Waals surface area contributed by atoms with E-state index in [1.165, 1.54) is 11.3 Å². The number of nitrogens with two attached hydrogens (primary N) is 1. The van der Waals surface area contributed by atoms with E-state index >= 15 is 0 Å². The third-order valence-corrected chi connectivity index (χ3v) is 3.26. The fourth-order valence-electron chi connectivity index (χ4n) is 1.42. The van der Waals surface area contributed by atoms with Crippen molar-refractivity contribution in [2.45, 2.75) is 6.54 Å². The number of methoxy groups -OCH3 is 2. The number of aromatic nitrogens is 2. The van der Waals surface area contributed by atoms with Gasteiger partial charge in [-0.3, -0.25) is 0 Å². The molecule has 2 aromatic rings. The van der Waals surface area contributed by atoms with Crippen LogP contribution in [0, 0.1) is 0 Å². The first-order chi connectivity index (χ1) is 8.28. The molecule has 0 atom stereocenters. The first-order valence-electron chi connectivity index (χ1n) is 5.03. The van der Waals surface area contributed by atoms with Crippen LogP contribution in [0.15, 0.2) is 18.2 Å². The van der Waals surface area contributed by atoms with Crippen molar-refractivity contribution in [1.29, 1.82) is 0 Å². The van der Waals surface area contributed by atoms with E-state index in [-0.39, 0.29) is 0 Å². The van der Waals surface area contributed by atoms with Crippen LogP contribution in [0.2, 0.25) is 0 Å². The van der Waals surface area contributed by atoms with E-state index < -0.39 is 0 Å². The molecule has 17 heavy (non-hydrogen) atoms. The Morgan fingerprint density at radius 1 is 1.24 bits per heavy atom. The molecule has 0 unspecified atom stereocenters. The van der Waals surface area contributed by atoms with E-state index in [1.54, 1.807) is 14.2 Å². The van der Waals surface area contributed by atoms with Crippen LogP contribution in [0.25, 0.3) is 10.6 Å². The molecule has 0 bridgehead atoms. The number of rotatable bonds is 4. The van der Waals surface area contributed by atoms with Gasteiger partial charge in [-0.05, 0) is 12.1 Å². The van der Waals surface area contributed by atoms with Gasteiger partial charge in [0.2, 0.25) is 0 Å². The smallest absolute Gasteiger partial charge is 0.151 e. The summed E-state index contributed by atoms with van der Waals surface area (Å²) in [6, 6.07) is 5.58. The molecular weight excluding hydrogens is 238 g/mol. The van der Waals surface area contributed by atoms with Crippen molar-refractivity contribution in [2.75, 3.05) is 14.2 Å². The molecule has 0 amide bonds. The van der Waals surface area contributed by atoms with Crippen LogP contribution < -0.4 is 15.2 Å². The lowest BCUT2D eigenvalue weighted by Crippen LogP contribution is -1.94. The second kappa shape index (κ2) is 5.11. The van der Waals surface area contributed by atoms with E-state index in [2.05, 4.69) is 10.2 Å². The van der Waals surface area contributed by atoms with Gasteiger partial charge in [-0.2, -0.15) is 0 Å². The molecule has 6 heteroatoms. The van der Waals surface area contributed by atoms with E-state index in [4.69, 9.17) is 15.2 Å². The molecule has 0 saturated carbocycles. The van der Waals surface area contributed by atoms with Gasteiger partial charge in [0.05, 0.1) is 19.8 Å². The first-order valence-corrected chi connectivity index (χ1v) is 5.85. The standard InChI is InChI=1S/C11H13N3O2S/c1-15-7-3-4-8(9(5-7)16-2)11-14-13-10(6-12)17-11/h3-5H,6,12H2,1-2H3. The molecule has 2 N–H and O–H groups in total. The molecule has 2 rings (SSSR count). The monoisotopic (exact) mass is 251 g/mol. The summed E-state index contributed by atoms with van der Waals surface area (Å²) in [7, 11) is 3.23. The van der Waals surface area contributed by atoms with Gasteiger partial charge in [-0.25, -0.2) is 0 Å². The maximum atomic E-state index is 5.51. The topological polar surface area (TPSA) is 70.3 Å². The maximum absolute atomic E-state index is 5.51. The largest absolute Gasteiger partial charge is 0.497 e. The lowest BCUT2D eigenvalue weighted by atomic mass is 10.2. The van der Waals surface area contributed by atoms with Gasteiger partial charge in [-0.15, -0.1) is 10.2 Å². The normalized spacial score (nSPS) is 10.3. The van der Waals surface area contributed by atoms with Gasteiger partial charge >= 0.3 is 0 Å². The third kappa shape index (κ3) is 2.37. The second-order valence-electron chi connectivity index (χ2n) is 3.27. The minimum Gasteiger partial charge on any atom is -0.497 e. The Bertz CT molecular complexity index is 513. The molecule has 0 radical (unpaired) electrons. The molecule has 0 saturated heterocycles. The Kier molecular flexibility index (Phi) is 3.55. The lowest BCUT2D eigenvalue weighted by molar-refractivity contribution is 0.395. The third-order valence-electron chi connectivity index (χ3n) is 2.28. The first kappa shape index (κ1) is 11.8. The van der Waals surface area contributed by atoms with E-state index in [0.29, 0.717) is 12.3 Å². The lowest BCUT2D eigenvalue weighted by Gasteiger charge is -2.07. The van der Waals surface area contributed by atoms with Crippen molar-refractivity contribution >= 4 is 11.3 Å². The zero-order valence-corrected chi connectivity index (χ0v) is 10.5. The van der Waals surface area contributed by atoms with Crippen LogP contribution in [0.3, 0.4) is 0 Å². The van der Waals surface area contributed by atoms with E-state index in [9.17, 15) is 0 Å². The Morgan fingerprint density at radius 3 is 2.65 bits per heavy atom. The van der Waals surface area contributed by atoms with Crippen LogP contribution in [0.5, 0.6) is 11.5 Å². The highest BCUT2D eigenvalue weighted by Crippen LogP contribution is 2.34. The minimum atomic E-state index is 0.399. The van der Waals surface area contributed by atoms with Crippen LogP contribution in [-0.4, -0.2) is 24.4 Å². The quantitative estimate of drug-likeness (QED) is 0.895. The highest BCUT2D eigenvalue weighted by atomic mass is 32.1. The summed E-state index contributed by atoms with van der Waals surface area (Å²) < 4.78 is 10.5. The number of hydrogen-bond donors (Lipinski definition) is 1. The van der Waals surface area contributed by atoms with Crippen molar-refractivity contribution in [3.8, 4) is 22.1 Å². The summed E-state index contributed by atoms with van der Waals surface area (Å²) in [6.07, 6.45) is 0. The fourth-order valence-corrected chi connectivity index (χ4v) is 2.17. The molecule has 1 heterocycles.